The summed E-state index contributed by atoms with van der Waals surface area (Å²) in [6.45, 7) is 4.77. The van der Waals surface area contributed by atoms with E-state index >= 15 is 0 Å². The van der Waals surface area contributed by atoms with Gasteiger partial charge in [0, 0.05) is 44.8 Å². The van der Waals surface area contributed by atoms with Crippen molar-refractivity contribution in [3.05, 3.63) is 42.4 Å². The molecular weight excluding hydrogens is 294 g/mol. The number of amides is 1. The highest BCUT2D eigenvalue weighted by atomic mass is 16.5. The highest BCUT2D eigenvalue weighted by Crippen LogP contribution is 2.09. The molecule has 1 fully saturated rings. The minimum absolute atomic E-state index is 0.161. The third-order valence-corrected chi connectivity index (χ3v) is 3.63. The molecule has 1 saturated heterocycles. The number of hydrogen-bond acceptors (Lipinski definition) is 6. The Bertz CT molecular complexity index is 627. The molecule has 3 heterocycles. The first-order chi connectivity index (χ1) is 11.3. The Morgan fingerprint density at radius 1 is 1.17 bits per heavy atom. The van der Waals surface area contributed by atoms with Crippen LogP contribution in [0.25, 0.3) is 11.5 Å². The Kier molecular flexibility index (Phi) is 5.23. The molecule has 7 nitrogen and oxygen atoms in total. The Hall–Kier alpha value is -2.38. The third-order valence-electron chi connectivity index (χ3n) is 3.63. The van der Waals surface area contributed by atoms with Crippen molar-refractivity contribution in [3.8, 4) is 11.5 Å². The third kappa shape index (κ3) is 4.30. The van der Waals surface area contributed by atoms with Gasteiger partial charge < -0.3 is 10.1 Å². The van der Waals surface area contributed by atoms with E-state index in [9.17, 15) is 4.79 Å². The first-order valence-corrected chi connectivity index (χ1v) is 7.65. The fourth-order valence-electron chi connectivity index (χ4n) is 2.33. The molecule has 7 heteroatoms. The van der Waals surface area contributed by atoms with Gasteiger partial charge in [0.05, 0.1) is 18.8 Å². The summed E-state index contributed by atoms with van der Waals surface area (Å²) in [4.78, 5) is 26.9. The van der Waals surface area contributed by atoms with Crippen LogP contribution in [0.15, 0.2) is 36.8 Å². The van der Waals surface area contributed by atoms with Crippen LogP contribution in [0, 0.1) is 0 Å². The summed E-state index contributed by atoms with van der Waals surface area (Å²) in [5.41, 5.74) is 1.14. The number of morpholine rings is 1. The standard InChI is InChI=1S/C16H19N5O2/c22-16(18-5-6-21-7-9-23-10-8-21)13-11-19-15(20-12-13)14-3-1-2-4-17-14/h1-4,11-12H,5-10H2,(H,18,22). The van der Waals surface area contributed by atoms with Crippen LogP contribution >= 0.6 is 0 Å². The lowest BCUT2D eigenvalue weighted by molar-refractivity contribution is 0.0383. The molecule has 1 aliphatic heterocycles. The molecule has 2 aromatic heterocycles. The summed E-state index contributed by atoms with van der Waals surface area (Å²) in [5, 5.41) is 2.89. The smallest absolute Gasteiger partial charge is 0.254 e. The monoisotopic (exact) mass is 313 g/mol. The molecule has 0 saturated carbocycles. The molecular formula is C16H19N5O2. The van der Waals surface area contributed by atoms with Gasteiger partial charge in [-0.25, -0.2) is 9.97 Å². The van der Waals surface area contributed by atoms with Crippen LogP contribution in [0.3, 0.4) is 0 Å². The van der Waals surface area contributed by atoms with E-state index in [1.807, 2.05) is 18.2 Å². The number of nitrogens with one attached hydrogen (secondary N) is 1. The molecule has 0 radical (unpaired) electrons. The fraction of sp³-hybridized carbons (Fsp3) is 0.375. The normalized spacial score (nSPS) is 15.3. The largest absolute Gasteiger partial charge is 0.379 e. The van der Waals surface area contributed by atoms with E-state index in [2.05, 4.69) is 25.2 Å². The van der Waals surface area contributed by atoms with Gasteiger partial charge >= 0.3 is 0 Å². The number of carbonyl (C=O) groups excluding carboxylic acids is 1. The predicted octanol–water partition coefficient (Wildman–Crippen LogP) is 0.601. The van der Waals surface area contributed by atoms with E-state index in [1.165, 1.54) is 12.4 Å². The van der Waals surface area contributed by atoms with Crippen molar-refractivity contribution in [1.29, 1.82) is 0 Å². The molecule has 1 amide bonds. The molecule has 0 aliphatic carbocycles. The molecule has 1 aliphatic rings. The maximum Gasteiger partial charge on any atom is 0.254 e. The van der Waals surface area contributed by atoms with Gasteiger partial charge in [-0.2, -0.15) is 0 Å². The van der Waals surface area contributed by atoms with Crippen LogP contribution in [-0.4, -0.2) is 65.2 Å². The molecule has 0 aromatic carbocycles. The molecule has 2 aromatic rings. The van der Waals surface area contributed by atoms with Gasteiger partial charge in [-0.05, 0) is 12.1 Å². The topological polar surface area (TPSA) is 80.2 Å². The highest BCUT2D eigenvalue weighted by Gasteiger charge is 2.11. The first kappa shape index (κ1) is 15.5. The number of carbonyl (C=O) groups is 1. The molecule has 0 spiro atoms. The van der Waals surface area contributed by atoms with E-state index in [-0.39, 0.29) is 5.91 Å². The van der Waals surface area contributed by atoms with Crippen LogP contribution < -0.4 is 5.32 Å². The highest BCUT2D eigenvalue weighted by molar-refractivity contribution is 5.93. The maximum atomic E-state index is 12.1. The summed E-state index contributed by atoms with van der Waals surface area (Å²) < 4.78 is 5.29. The average Bonchev–Trinajstić information content (AvgIpc) is 2.63. The summed E-state index contributed by atoms with van der Waals surface area (Å²) in [6.07, 6.45) is 4.74. The van der Waals surface area contributed by atoms with Gasteiger partial charge in [0.25, 0.3) is 5.91 Å². The quantitative estimate of drug-likeness (QED) is 0.871. The van der Waals surface area contributed by atoms with Crippen molar-refractivity contribution in [3.63, 3.8) is 0 Å². The zero-order chi connectivity index (χ0) is 15.9. The summed E-state index contributed by atoms with van der Waals surface area (Å²) in [6, 6.07) is 5.54. The number of nitrogens with zero attached hydrogens (tertiary/aromatic N) is 4. The summed E-state index contributed by atoms with van der Waals surface area (Å²) >= 11 is 0. The van der Waals surface area contributed by atoms with Crippen LogP contribution in [0.1, 0.15) is 10.4 Å². The Balaban J connectivity index is 1.51. The summed E-state index contributed by atoms with van der Waals surface area (Å²) in [7, 11) is 0. The second kappa shape index (κ2) is 7.75. The van der Waals surface area contributed by atoms with Crippen molar-refractivity contribution >= 4 is 5.91 Å². The zero-order valence-corrected chi connectivity index (χ0v) is 12.8. The SMILES string of the molecule is O=C(NCCN1CCOCC1)c1cnc(-c2ccccn2)nc1. The molecule has 0 unspecified atom stereocenters. The Labute approximate surface area is 134 Å². The van der Waals surface area contributed by atoms with Gasteiger partial charge in [0.2, 0.25) is 0 Å². The van der Waals surface area contributed by atoms with Gasteiger partial charge in [-0.3, -0.25) is 14.7 Å². The van der Waals surface area contributed by atoms with Crippen LogP contribution in [0.5, 0.6) is 0 Å². The minimum Gasteiger partial charge on any atom is -0.379 e. The molecule has 3 rings (SSSR count). The number of pyridine rings is 1. The lowest BCUT2D eigenvalue weighted by Crippen LogP contribution is -2.41. The van der Waals surface area contributed by atoms with Crippen molar-refractivity contribution in [1.82, 2.24) is 25.2 Å². The lowest BCUT2D eigenvalue weighted by atomic mass is 10.3. The second-order valence-electron chi connectivity index (χ2n) is 5.22. The van der Waals surface area contributed by atoms with Crippen molar-refractivity contribution < 1.29 is 9.53 Å². The predicted molar refractivity (Wildman–Crippen MR) is 84.9 cm³/mol. The summed E-state index contributed by atoms with van der Waals surface area (Å²) in [5.74, 6) is 0.348. The van der Waals surface area contributed by atoms with E-state index < -0.39 is 0 Å². The first-order valence-electron chi connectivity index (χ1n) is 7.65. The van der Waals surface area contributed by atoms with Crippen LogP contribution in [-0.2, 0) is 4.74 Å². The van der Waals surface area contributed by atoms with E-state index in [4.69, 9.17) is 4.74 Å². The fourth-order valence-corrected chi connectivity index (χ4v) is 2.33. The molecule has 120 valence electrons. The number of rotatable bonds is 5. The molecule has 23 heavy (non-hydrogen) atoms. The number of aromatic nitrogens is 3. The van der Waals surface area contributed by atoms with Gasteiger partial charge in [-0.1, -0.05) is 6.07 Å². The number of ether oxygens (including phenoxy) is 1. The van der Waals surface area contributed by atoms with Crippen molar-refractivity contribution in [2.75, 3.05) is 39.4 Å². The van der Waals surface area contributed by atoms with Crippen molar-refractivity contribution in [2.45, 2.75) is 0 Å². The number of hydrogen-bond donors (Lipinski definition) is 1. The zero-order valence-electron chi connectivity index (χ0n) is 12.8. The molecule has 0 bridgehead atoms. The molecule has 0 atom stereocenters. The van der Waals surface area contributed by atoms with Crippen molar-refractivity contribution in [2.24, 2.45) is 0 Å². The Morgan fingerprint density at radius 2 is 1.96 bits per heavy atom. The molecule has 1 N–H and O–H groups in total. The second-order valence-corrected chi connectivity index (χ2v) is 5.22. The van der Waals surface area contributed by atoms with Gasteiger partial charge in [-0.15, -0.1) is 0 Å². The van der Waals surface area contributed by atoms with Gasteiger partial charge in [0.15, 0.2) is 5.82 Å². The van der Waals surface area contributed by atoms with E-state index in [0.29, 0.717) is 23.6 Å². The maximum absolute atomic E-state index is 12.1. The minimum atomic E-state index is -0.161. The lowest BCUT2D eigenvalue weighted by Gasteiger charge is -2.26. The van der Waals surface area contributed by atoms with Crippen LogP contribution in [0.4, 0.5) is 0 Å². The average molecular weight is 313 g/mol. The van der Waals surface area contributed by atoms with Crippen LogP contribution in [0.2, 0.25) is 0 Å². The van der Waals surface area contributed by atoms with E-state index in [1.54, 1.807) is 6.20 Å². The van der Waals surface area contributed by atoms with Gasteiger partial charge in [0.1, 0.15) is 5.69 Å². The van der Waals surface area contributed by atoms with E-state index in [0.717, 1.165) is 32.8 Å². The Morgan fingerprint density at radius 3 is 2.65 bits per heavy atom.